The molecule has 0 atom stereocenters. The highest BCUT2D eigenvalue weighted by atomic mass is 32.2. The van der Waals surface area contributed by atoms with Crippen LogP contribution in [-0.4, -0.2) is 38.6 Å². The number of rotatable bonds is 9. The van der Waals surface area contributed by atoms with Crippen LogP contribution >= 0.6 is 11.8 Å². The molecule has 0 saturated heterocycles. The van der Waals surface area contributed by atoms with Gasteiger partial charge in [0.25, 0.3) is 5.91 Å². The summed E-state index contributed by atoms with van der Waals surface area (Å²) in [6, 6.07) is 15.7. The number of furan rings is 1. The topological polar surface area (TPSA) is 51.9 Å². The third kappa shape index (κ3) is 5.64. The molecule has 1 amide bonds. The summed E-state index contributed by atoms with van der Waals surface area (Å²) in [4.78, 5) is 15.7. The monoisotopic (exact) mass is 439 g/mol. The van der Waals surface area contributed by atoms with Crippen LogP contribution in [0, 0.1) is 13.8 Å². The molecule has 0 N–H and O–H groups in total. The summed E-state index contributed by atoms with van der Waals surface area (Å²) in [5.41, 5.74) is 3.58. The largest absolute Gasteiger partial charge is 0.493 e. The fourth-order valence-corrected chi connectivity index (χ4v) is 4.40. The van der Waals surface area contributed by atoms with Crippen molar-refractivity contribution in [3.8, 4) is 11.5 Å². The standard InChI is InChI=1S/C25H29NO4S/c1-17-7-6-8-18(2)24(17)31-16-20-10-12-22(30-20)25(27)26(3)14-13-19-9-11-21(28-4)23(15-19)29-5/h6-12,15H,13-14,16H2,1-5H3. The molecular weight excluding hydrogens is 410 g/mol. The van der Waals surface area contributed by atoms with Crippen LogP contribution in [0.4, 0.5) is 0 Å². The van der Waals surface area contributed by atoms with Gasteiger partial charge in [0.2, 0.25) is 0 Å². The van der Waals surface area contributed by atoms with Gasteiger partial charge in [-0.1, -0.05) is 24.3 Å². The number of amides is 1. The van der Waals surface area contributed by atoms with Gasteiger partial charge >= 0.3 is 0 Å². The molecule has 6 heteroatoms. The molecule has 0 bridgehead atoms. The second-order valence-electron chi connectivity index (χ2n) is 7.44. The maximum Gasteiger partial charge on any atom is 0.289 e. The van der Waals surface area contributed by atoms with E-state index in [1.165, 1.54) is 16.0 Å². The Labute approximate surface area is 188 Å². The predicted molar refractivity (Wildman–Crippen MR) is 124 cm³/mol. The third-order valence-electron chi connectivity index (χ3n) is 5.17. The van der Waals surface area contributed by atoms with Crippen molar-refractivity contribution in [1.82, 2.24) is 4.90 Å². The number of ether oxygens (including phenoxy) is 2. The molecule has 164 valence electrons. The summed E-state index contributed by atoms with van der Waals surface area (Å²) < 4.78 is 16.5. The van der Waals surface area contributed by atoms with Gasteiger partial charge in [0.15, 0.2) is 17.3 Å². The average molecular weight is 440 g/mol. The molecule has 5 nitrogen and oxygen atoms in total. The Balaban J connectivity index is 1.57. The highest BCUT2D eigenvalue weighted by Crippen LogP contribution is 2.30. The Morgan fingerprint density at radius 1 is 1.00 bits per heavy atom. The lowest BCUT2D eigenvalue weighted by Crippen LogP contribution is -2.28. The zero-order valence-corrected chi connectivity index (χ0v) is 19.5. The molecule has 0 fully saturated rings. The van der Waals surface area contributed by atoms with Crippen LogP contribution < -0.4 is 9.47 Å². The first-order chi connectivity index (χ1) is 14.9. The number of likely N-dealkylation sites (N-methyl/N-ethyl adjacent to an activating group) is 1. The lowest BCUT2D eigenvalue weighted by Gasteiger charge is -2.16. The molecule has 0 radical (unpaired) electrons. The number of methoxy groups -OCH3 is 2. The van der Waals surface area contributed by atoms with E-state index >= 15 is 0 Å². The van der Waals surface area contributed by atoms with Crippen molar-refractivity contribution in [2.75, 3.05) is 27.8 Å². The van der Waals surface area contributed by atoms with Gasteiger partial charge in [-0.05, 0) is 61.2 Å². The van der Waals surface area contributed by atoms with E-state index in [0.29, 0.717) is 36.0 Å². The molecule has 0 aliphatic carbocycles. The van der Waals surface area contributed by atoms with Gasteiger partial charge in [0.1, 0.15) is 5.76 Å². The number of nitrogens with zero attached hydrogens (tertiary/aromatic N) is 1. The average Bonchev–Trinajstić information content (AvgIpc) is 3.25. The second kappa shape index (κ2) is 10.4. The molecule has 0 spiro atoms. The van der Waals surface area contributed by atoms with Crippen LogP contribution in [0.3, 0.4) is 0 Å². The van der Waals surface area contributed by atoms with E-state index in [4.69, 9.17) is 13.9 Å². The van der Waals surface area contributed by atoms with Gasteiger partial charge in [-0.25, -0.2) is 0 Å². The number of hydrogen-bond acceptors (Lipinski definition) is 5. The molecule has 3 aromatic rings. The lowest BCUT2D eigenvalue weighted by molar-refractivity contribution is 0.0763. The maximum atomic E-state index is 12.8. The highest BCUT2D eigenvalue weighted by Gasteiger charge is 2.17. The molecule has 1 aromatic heterocycles. The van der Waals surface area contributed by atoms with Crippen LogP contribution in [0.5, 0.6) is 11.5 Å². The van der Waals surface area contributed by atoms with Gasteiger partial charge in [-0.15, -0.1) is 11.8 Å². The molecule has 2 aromatic carbocycles. The minimum absolute atomic E-state index is 0.121. The van der Waals surface area contributed by atoms with Crippen molar-refractivity contribution < 1.29 is 18.7 Å². The van der Waals surface area contributed by atoms with E-state index < -0.39 is 0 Å². The van der Waals surface area contributed by atoms with Gasteiger partial charge in [-0.3, -0.25) is 4.79 Å². The summed E-state index contributed by atoms with van der Waals surface area (Å²) >= 11 is 1.73. The minimum Gasteiger partial charge on any atom is -0.493 e. The number of carbonyl (C=O) groups is 1. The number of carbonyl (C=O) groups excluding carboxylic acids is 1. The SMILES string of the molecule is COc1ccc(CCN(C)C(=O)c2ccc(CSc3c(C)cccc3C)o2)cc1OC. The van der Waals surface area contributed by atoms with Crippen LogP contribution in [0.25, 0.3) is 0 Å². The van der Waals surface area contributed by atoms with E-state index in [9.17, 15) is 4.79 Å². The molecule has 0 saturated carbocycles. The minimum atomic E-state index is -0.121. The van der Waals surface area contributed by atoms with Crippen LogP contribution in [0.1, 0.15) is 33.0 Å². The molecule has 3 rings (SSSR count). The van der Waals surface area contributed by atoms with E-state index in [-0.39, 0.29) is 5.91 Å². The lowest BCUT2D eigenvalue weighted by atomic mass is 10.1. The Hall–Kier alpha value is -2.86. The van der Waals surface area contributed by atoms with Crippen molar-refractivity contribution >= 4 is 17.7 Å². The number of hydrogen-bond donors (Lipinski definition) is 0. The van der Waals surface area contributed by atoms with Gasteiger partial charge in [-0.2, -0.15) is 0 Å². The Kier molecular flexibility index (Phi) is 7.69. The van der Waals surface area contributed by atoms with Crippen molar-refractivity contribution in [2.45, 2.75) is 30.9 Å². The van der Waals surface area contributed by atoms with E-state index in [2.05, 4.69) is 32.0 Å². The quantitative estimate of drug-likeness (QED) is 0.411. The number of benzene rings is 2. The molecular formula is C25H29NO4S. The van der Waals surface area contributed by atoms with Crippen LogP contribution in [-0.2, 0) is 12.2 Å². The fraction of sp³-hybridized carbons (Fsp3) is 0.320. The third-order valence-corrected chi connectivity index (χ3v) is 6.53. The summed E-state index contributed by atoms with van der Waals surface area (Å²) in [6.45, 7) is 4.79. The first kappa shape index (κ1) is 22.8. The van der Waals surface area contributed by atoms with Crippen molar-refractivity contribution in [3.05, 3.63) is 76.7 Å². The normalized spacial score (nSPS) is 10.7. The Morgan fingerprint density at radius 2 is 1.71 bits per heavy atom. The van der Waals surface area contributed by atoms with Gasteiger partial charge < -0.3 is 18.8 Å². The van der Waals surface area contributed by atoms with Crippen molar-refractivity contribution in [1.29, 1.82) is 0 Å². The Bertz CT molecular complexity index is 1020. The summed E-state index contributed by atoms with van der Waals surface area (Å²) in [5.74, 6) is 3.11. The van der Waals surface area contributed by atoms with E-state index in [1.807, 2.05) is 24.3 Å². The summed E-state index contributed by atoms with van der Waals surface area (Å²) in [5, 5.41) is 0. The molecule has 0 aliphatic heterocycles. The van der Waals surface area contributed by atoms with E-state index in [0.717, 1.165) is 11.3 Å². The fourth-order valence-electron chi connectivity index (χ4n) is 3.36. The molecule has 31 heavy (non-hydrogen) atoms. The van der Waals surface area contributed by atoms with E-state index in [1.54, 1.807) is 44.0 Å². The predicted octanol–water partition coefficient (Wildman–Crippen LogP) is 5.52. The smallest absolute Gasteiger partial charge is 0.289 e. The van der Waals surface area contributed by atoms with Gasteiger partial charge in [0, 0.05) is 18.5 Å². The zero-order chi connectivity index (χ0) is 22.4. The highest BCUT2D eigenvalue weighted by molar-refractivity contribution is 7.98. The first-order valence-corrected chi connectivity index (χ1v) is 11.2. The number of aryl methyl sites for hydroxylation is 2. The van der Waals surface area contributed by atoms with Crippen molar-refractivity contribution in [2.24, 2.45) is 0 Å². The van der Waals surface area contributed by atoms with Crippen LogP contribution in [0.2, 0.25) is 0 Å². The molecule has 1 heterocycles. The zero-order valence-electron chi connectivity index (χ0n) is 18.7. The molecule has 0 unspecified atom stereocenters. The number of thioether (sulfide) groups is 1. The summed E-state index contributed by atoms with van der Waals surface area (Å²) in [7, 11) is 5.02. The van der Waals surface area contributed by atoms with Crippen molar-refractivity contribution in [3.63, 3.8) is 0 Å². The first-order valence-electron chi connectivity index (χ1n) is 10.2. The molecule has 0 aliphatic rings. The summed E-state index contributed by atoms with van der Waals surface area (Å²) in [6.07, 6.45) is 0.707. The van der Waals surface area contributed by atoms with Crippen LogP contribution in [0.15, 0.2) is 57.8 Å². The van der Waals surface area contributed by atoms with Gasteiger partial charge in [0.05, 0.1) is 20.0 Å². The second-order valence-corrected chi connectivity index (χ2v) is 8.43. The Morgan fingerprint density at radius 3 is 2.39 bits per heavy atom. The maximum absolute atomic E-state index is 12.8.